The van der Waals surface area contributed by atoms with Gasteiger partial charge in [-0.2, -0.15) is 0 Å². The Balaban J connectivity index is 4.02. The third-order valence-corrected chi connectivity index (χ3v) is 2.61. The molecule has 0 heterocycles. The van der Waals surface area contributed by atoms with Gasteiger partial charge in [0.05, 0.1) is 46.1 Å². The smallest absolute Gasteiger partial charge is 0.335 e. The summed E-state index contributed by atoms with van der Waals surface area (Å²) < 4.78 is 9.29. The number of rotatable bonds is 11. The SMILES string of the molecule is O=C(CC(O)C(=O)OCC(CO)CO)OCC(CO)CO. The van der Waals surface area contributed by atoms with Gasteiger partial charge in [-0.05, 0) is 0 Å². The molecule has 21 heavy (non-hydrogen) atoms. The van der Waals surface area contributed by atoms with Crippen LogP contribution in [-0.4, -0.2) is 83.2 Å². The molecule has 9 nitrogen and oxygen atoms in total. The highest BCUT2D eigenvalue weighted by Gasteiger charge is 2.23. The maximum absolute atomic E-state index is 11.3. The molecule has 0 amide bonds. The lowest BCUT2D eigenvalue weighted by Gasteiger charge is -2.15. The lowest BCUT2D eigenvalue weighted by Crippen LogP contribution is -2.30. The topological polar surface area (TPSA) is 154 Å². The molecule has 0 aromatic rings. The summed E-state index contributed by atoms with van der Waals surface area (Å²) in [6.45, 7) is -2.01. The number of esters is 2. The fourth-order valence-corrected chi connectivity index (χ4v) is 1.13. The number of hydrogen-bond acceptors (Lipinski definition) is 9. The maximum Gasteiger partial charge on any atom is 0.335 e. The first-order valence-corrected chi connectivity index (χ1v) is 6.42. The lowest BCUT2D eigenvalue weighted by molar-refractivity contribution is -0.162. The van der Waals surface area contributed by atoms with E-state index in [1.54, 1.807) is 0 Å². The summed E-state index contributed by atoms with van der Waals surface area (Å²) in [6.07, 6.45) is -2.36. The Morgan fingerprint density at radius 1 is 0.810 bits per heavy atom. The second-order valence-electron chi connectivity index (χ2n) is 4.50. The van der Waals surface area contributed by atoms with Crippen LogP contribution in [0.2, 0.25) is 0 Å². The minimum Gasteiger partial charge on any atom is -0.465 e. The minimum atomic E-state index is -1.72. The summed E-state index contributed by atoms with van der Waals surface area (Å²) in [5, 5.41) is 44.5. The molecule has 0 saturated heterocycles. The molecule has 5 N–H and O–H groups in total. The molecule has 1 atom stereocenters. The van der Waals surface area contributed by atoms with Gasteiger partial charge in [-0.3, -0.25) is 4.79 Å². The van der Waals surface area contributed by atoms with Gasteiger partial charge >= 0.3 is 11.9 Å². The first-order valence-electron chi connectivity index (χ1n) is 6.42. The van der Waals surface area contributed by atoms with Gasteiger partial charge in [0.15, 0.2) is 6.10 Å². The molecule has 0 rings (SSSR count). The Morgan fingerprint density at radius 2 is 1.24 bits per heavy atom. The molecular formula is C12H22O9. The van der Waals surface area contributed by atoms with Crippen LogP contribution in [0, 0.1) is 11.8 Å². The third kappa shape index (κ3) is 8.58. The van der Waals surface area contributed by atoms with Crippen LogP contribution in [0.5, 0.6) is 0 Å². The quantitative estimate of drug-likeness (QED) is 0.252. The van der Waals surface area contributed by atoms with Gasteiger partial charge in [-0.25, -0.2) is 4.79 Å². The maximum atomic E-state index is 11.3. The van der Waals surface area contributed by atoms with Crippen molar-refractivity contribution in [3.05, 3.63) is 0 Å². The van der Waals surface area contributed by atoms with Crippen molar-refractivity contribution < 1.29 is 44.6 Å². The molecule has 0 aliphatic heterocycles. The van der Waals surface area contributed by atoms with Gasteiger partial charge in [-0.1, -0.05) is 0 Å². The van der Waals surface area contributed by atoms with Crippen LogP contribution in [-0.2, 0) is 19.1 Å². The van der Waals surface area contributed by atoms with E-state index in [2.05, 4.69) is 9.47 Å². The van der Waals surface area contributed by atoms with Crippen molar-refractivity contribution in [3.63, 3.8) is 0 Å². The minimum absolute atomic E-state index is 0.231. The molecule has 0 spiro atoms. The lowest BCUT2D eigenvalue weighted by atomic mass is 10.2. The van der Waals surface area contributed by atoms with E-state index in [0.29, 0.717) is 0 Å². The normalized spacial score (nSPS) is 12.5. The van der Waals surface area contributed by atoms with E-state index >= 15 is 0 Å². The van der Waals surface area contributed by atoms with Crippen molar-refractivity contribution >= 4 is 11.9 Å². The largest absolute Gasteiger partial charge is 0.465 e. The van der Waals surface area contributed by atoms with Crippen molar-refractivity contribution in [1.82, 2.24) is 0 Å². The fraction of sp³-hybridized carbons (Fsp3) is 0.833. The van der Waals surface area contributed by atoms with Gasteiger partial charge in [0, 0.05) is 11.8 Å². The zero-order valence-corrected chi connectivity index (χ0v) is 11.6. The zero-order valence-electron chi connectivity index (χ0n) is 11.6. The highest BCUT2D eigenvalue weighted by atomic mass is 16.6. The average molecular weight is 310 g/mol. The standard InChI is InChI=1S/C12H22O9/c13-2-8(3-14)6-20-11(18)1-10(17)12(19)21-7-9(4-15)5-16/h8-10,13-17H,1-7H2. The third-order valence-electron chi connectivity index (χ3n) is 2.61. The zero-order chi connectivity index (χ0) is 16.3. The van der Waals surface area contributed by atoms with Crippen molar-refractivity contribution in [3.8, 4) is 0 Å². The Bertz CT molecular complexity index is 299. The molecule has 0 fully saturated rings. The Labute approximate surface area is 121 Å². The summed E-state index contributed by atoms with van der Waals surface area (Å²) in [5.74, 6) is -3.22. The molecule has 0 aromatic heterocycles. The van der Waals surface area contributed by atoms with E-state index in [-0.39, 0.29) is 39.6 Å². The van der Waals surface area contributed by atoms with E-state index in [4.69, 9.17) is 20.4 Å². The highest BCUT2D eigenvalue weighted by molar-refractivity contribution is 5.81. The Hall–Kier alpha value is -1.26. The van der Waals surface area contributed by atoms with Crippen LogP contribution in [0.25, 0.3) is 0 Å². The molecule has 0 aliphatic rings. The molecular weight excluding hydrogens is 288 g/mol. The molecule has 0 aliphatic carbocycles. The van der Waals surface area contributed by atoms with Crippen LogP contribution in [0.3, 0.4) is 0 Å². The van der Waals surface area contributed by atoms with Crippen LogP contribution >= 0.6 is 0 Å². The van der Waals surface area contributed by atoms with E-state index in [9.17, 15) is 14.7 Å². The first kappa shape index (κ1) is 19.7. The number of hydrogen-bond donors (Lipinski definition) is 5. The van der Waals surface area contributed by atoms with Gasteiger partial charge in [0.1, 0.15) is 0 Å². The summed E-state index contributed by atoms with van der Waals surface area (Å²) >= 11 is 0. The van der Waals surface area contributed by atoms with Crippen molar-refractivity contribution in [1.29, 1.82) is 0 Å². The number of carbonyl (C=O) groups is 2. The van der Waals surface area contributed by atoms with Gasteiger partial charge in [0.2, 0.25) is 0 Å². The highest BCUT2D eigenvalue weighted by Crippen LogP contribution is 2.03. The van der Waals surface area contributed by atoms with E-state index in [1.807, 2.05) is 0 Å². The summed E-state index contributed by atoms with van der Waals surface area (Å²) in [4.78, 5) is 22.7. The Kier molecular flexibility index (Phi) is 10.7. The predicted molar refractivity (Wildman–Crippen MR) is 67.9 cm³/mol. The molecule has 0 bridgehead atoms. The molecule has 124 valence electrons. The fourth-order valence-electron chi connectivity index (χ4n) is 1.13. The van der Waals surface area contributed by atoms with Crippen LogP contribution < -0.4 is 0 Å². The second-order valence-corrected chi connectivity index (χ2v) is 4.50. The number of ether oxygens (including phenoxy) is 2. The van der Waals surface area contributed by atoms with Crippen LogP contribution in [0.15, 0.2) is 0 Å². The average Bonchev–Trinajstić information content (AvgIpc) is 2.48. The molecule has 0 radical (unpaired) electrons. The van der Waals surface area contributed by atoms with E-state index in [0.717, 1.165) is 0 Å². The predicted octanol–water partition coefficient (Wildman–Crippen LogP) is -2.97. The van der Waals surface area contributed by atoms with Crippen molar-refractivity contribution in [2.75, 3.05) is 39.6 Å². The van der Waals surface area contributed by atoms with Gasteiger partial charge < -0.3 is 35.0 Å². The monoisotopic (exact) mass is 310 g/mol. The molecule has 1 unspecified atom stereocenters. The molecule has 0 saturated carbocycles. The first-order chi connectivity index (χ1) is 9.98. The van der Waals surface area contributed by atoms with E-state index in [1.165, 1.54) is 0 Å². The summed E-state index contributed by atoms with van der Waals surface area (Å²) in [6, 6.07) is 0. The van der Waals surface area contributed by atoms with E-state index < -0.39 is 36.3 Å². The number of carbonyl (C=O) groups excluding carboxylic acids is 2. The van der Waals surface area contributed by atoms with Crippen molar-refractivity contribution in [2.45, 2.75) is 12.5 Å². The summed E-state index contributed by atoms with van der Waals surface area (Å²) in [7, 11) is 0. The van der Waals surface area contributed by atoms with Gasteiger partial charge in [-0.15, -0.1) is 0 Å². The van der Waals surface area contributed by atoms with Crippen LogP contribution in [0.1, 0.15) is 6.42 Å². The van der Waals surface area contributed by atoms with Crippen LogP contribution in [0.4, 0.5) is 0 Å². The summed E-state index contributed by atoms with van der Waals surface area (Å²) in [5.41, 5.74) is 0. The second kappa shape index (κ2) is 11.4. The molecule has 0 aromatic carbocycles. The van der Waals surface area contributed by atoms with Crippen molar-refractivity contribution in [2.24, 2.45) is 11.8 Å². The number of aliphatic hydroxyl groups excluding tert-OH is 5. The Morgan fingerprint density at radius 3 is 1.67 bits per heavy atom. The van der Waals surface area contributed by atoms with Gasteiger partial charge in [0.25, 0.3) is 0 Å². The number of aliphatic hydroxyl groups is 5. The molecule has 9 heteroatoms.